The zero-order valence-electron chi connectivity index (χ0n) is 14.0. The number of ether oxygens (including phenoxy) is 1. The molecule has 0 radical (unpaired) electrons. The van der Waals surface area contributed by atoms with Crippen molar-refractivity contribution in [3.8, 4) is 5.75 Å². The maximum atomic E-state index is 10.3. The normalized spacial score (nSPS) is 12.8. The van der Waals surface area contributed by atoms with E-state index in [1.165, 1.54) is 5.56 Å². The number of hydrogen-bond donors (Lipinski definition) is 3. The second kappa shape index (κ2) is 8.04. The number of halogens is 1. The summed E-state index contributed by atoms with van der Waals surface area (Å²) in [5.74, 6) is 0.793. The molecule has 4 N–H and O–H groups in total. The summed E-state index contributed by atoms with van der Waals surface area (Å²) in [5, 5.41) is 13.9. The van der Waals surface area contributed by atoms with Crippen LogP contribution in [0.25, 0.3) is 0 Å². The van der Waals surface area contributed by atoms with Gasteiger partial charge < -0.3 is 20.9 Å². The predicted octanol–water partition coefficient (Wildman–Crippen LogP) is 3.43. The van der Waals surface area contributed by atoms with Crippen LogP contribution in [-0.2, 0) is 0 Å². The Balaban J connectivity index is 2.06. The van der Waals surface area contributed by atoms with Gasteiger partial charge in [-0.1, -0.05) is 17.7 Å². The van der Waals surface area contributed by atoms with E-state index in [2.05, 4.69) is 10.3 Å². The molecule has 0 aliphatic rings. The van der Waals surface area contributed by atoms with Gasteiger partial charge in [0.1, 0.15) is 11.9 Å². The topological polar surface area (TPSA) is 79.9 Å². The first-order valence-corrected chi connectivity index (χ1v) is 7.94. The number of hydrogen-bond acceptors (Lipinski definition) is 3. The van der Waals surface area contributed by atoms with Crippen LogP contribution in [0.15, 0.2) is 41.4 Å². The summed E-state index contributed by atoms with van der Waals surface area (Å²) in [6, 6.07) is 11.0. The molecular weight excluding hydrogens is 326 g/mol. The Morgan fingerprint density at radius 1 is 1.25 bits per heavy atom. The van der Waals surface area contributed by atoms with E-state index in [0.29, 0.717) is 16.3 Å². The Bertz CT molecular complexity index is 747. The lowest BCUT2D eigenvalue weighted by atomic mass is 10.1. The molecule has 0 amide bonds. The molecule has 2 aromatic carbocycles. The van der Waals surface area contributed by atoms with E-state index in [9.17, 15) is 5.11 Å². The summed E-state index contributed by atoms with van der Waals surface area (Å²) in [4.78, 5) is 4.19. The molecule has 0 saturated heterocycles. The molecule has 0 fully saturated rings. The second-order valence-electron chi connectivity index (χ2n) is 5.55. The average Bonchev–Trinajstić information content (AvgIpc) is 2.56. The first-order chi connectivity index (χ1) is 11.4. The van der Waals surface area contributed by atoms with Crippen LogP contribution in [-0.4, -0.2) is 24.7 Å². The van der Waals surface area contributed by atoms with Gasteiger partial charge in [-0.3, -0.25) is 4.99 Å². The maximum Gasteiger partial charge on any atom is 0.193 e. The summed E-state index contributed by atoms with van der Waals surface area (Å²) in [5.41, 5.74) is 9.69. The van der Waals surface area contributed by atoms with Gasteiger partial charge in [-0.25, -0.2) is 0 Å². The third kappa shape index (κ3) is 4.63. The Hall–Kier alpha value is -2.24. The predicted molar refractivity (Wildman–Crippen MR) is 99.0 cm³/mol. The fraction of sp³-hybridized carbons (Fsp3) is 0.278. The van der Waals surface area contributed by atoms with Crippen molar-refractivity contribution in [3.63, 3.8) is 0 Å². The molecule has 128 valence electrons. The summed E-state index contributed by atoms with van der Waals surface area (Å²) in [7, 11) is 1.54. The van der Waals surface area contributed by atoms with Crippen molar-refractivity contribution in [2.45, 2.75) is 20.0 Å². The molecule has 24 heavy (non-hydrogen) atoms. The quantitative estimate of drug-likeness (QED) is 0.572. The van der Waals surface area contributed by atoms with E-state index in [1.54, 1.807) is 25.3 Å². The van der Waals surface area contributed by atoms with E-state index in [-0.39, 0.29) is 12.5 Å². The van der Waals surface area contributed by atoms with Crippen molar-refractivity contribution < 1.29 is 9.84 Å². The second-order valence-corrected chi connectivity index (χ2v) is 5.99. The lowest BCUT2D eigenvalue weighted by molar-refractivity contribution is 0.182. The Labute approximate surface area is 147 Å². The molecule has 5 nitrogen and oxygen atoms in total. The summed E-state index contributed by atoms with van der Waals surface area (Å²) >= 11 is 5.98. The molecule has 2 aromatic rings. The standard InChI is InChI=1S/C18H22ClN3O2/c1-11-4-6-14(8-12(11)2)22-18(20)21-10-16(23)15-9-13(19)5-7-17(15)24-3/h4-9,16,23H,10H2,1-3H3,(H3,20,21,22). The number of nitrogens with two attached hydrogens (primary N) is 1. The summed E-state index contributed by atoms with van der Waals surface area (Å²) < 4.78 is 5.23. The number of methoxy groups -OCH3 is 1. The van der Waals surface area contributed by atoms with Crippen molar-refractivity contribution >= 4 is 23.2 Å². The van der Waals surface area contributed by atoms with E-state index >= 15 is 0 Å². The first-order valence-electron chi connectivity index (χ1n) is 7.56. The molecule has 0 bridgehead atoms. The molecule has 1 unspecified atom stereocenters. The Morgan fingerprint density at radius 3 is 2.67 bits per heavy atom. The van der Waals surface area contributed by atoms with Crippen molar-refractivity contribution in [3.05, 3.63) is 58.1 Å². The number of rotatable bonds is 5. The molecule has 0 aliphatic heterocycles. The number of aliphatic imine (C=N–C) groups is 1. The molecule has 0 aromatic heterocycles. The minimum absolute atomic E-state index is 0.0976. The van der Waals surface area contributed by atoms with Crippen LogP contribution >= 0.6 is 11.6 Å². The molecule has 0 heterocycles. The first kappa shape index (κ1) is 18.1. The summed E-state index contributed by atoms with van der Waals surface area (Å²) in [6.45, 7) is 4.18. The maximum absolute atomic E-state index is 10.3. The molecule has 0 aliphatic carbocycles. The van der Waals surface area contributed by atoms with Crippen LogP contribution in [0.1, 0.15) is 22.8 Å². The van der Waals surface area contributed by atoms with E-state index < -0.39 is 6.10 Å². The van der Waals surface area contributed by atoms with Crippen LogP contribution < -0.4 is 15.8 Å². The smallest absolute Gasteiger partial charge is 0.193 e. The largest absolute Gasteiger partial charge is 0.496 e. The number of nitrogens with zero attached hydrogens (tertiary/aromatic N) is 1. The van der Waals surface area contributed by atoms with Crippen LogP contribution in [0.4, 0.5) is 5.69 Å². The van der Waals surface area contributed by atoms with Gasteiger partial charge in [-0.05, 0) is 55.3 Å². The van der Waals surface area contributed by atoms with Crippen molar-refractivity contribution in [2.24, 2.45) is 10.7 Å². The Kier molecular flexibility index (Phi) is 6.06. The van der Waals surface area contributed by atoms with Gasteiger partial charge in [0, 0.05) is 16.3 Å². The highest BCUT2D eigenvalue weighted by Gasteiger charge is 2.13. The monoisotopic (exact) mass is 347 g/mol. The number of aryl methyl sites for hydroxylation is 2. The lowest BCUT2D eigenvalue weighted by Gasteiger charge is -2.14. The fourth-order valence-corrected chi connectivity index (χ4v) is 2.44. The van der Waals surface area contributed by atoms with Gasteiger partial charge >= 0.3 is 0 Å². The van der Waals surface area contributed by atoms with E-state index in [0.717, 1.165) is 11.3 Å². The zero-order chi connectivity index (χ0) is 17.7. The third-order valence-electron chi connectivity index (χ3n) is 3.76. The van der Waals surface area contributed by atoms with Crippen LogP contribution in [0, 0.1) is 13.8 Å². The zero-order valence-corrected chi connectivity index (χ0v) is 14.8. The molecule has 2 rings (SSSR count). The highest BCUT2D eigenvalue weighted by atomic mass is 35.5. The Morgan fingerprint density at radius 2 is 2.00 bits per heavy atom. The van der Waals surface area contributed by atoms with Crippen LogP contribution in [0.5, 0.6) is 5.75 Å². The lowest BCUT2D eigenvalue weighted by Crippen LogP contribution is -2.23. The number of aliphatic hydroxyl groups excluding tert-OH is 1. The van der Waals surface area contributed by atoms with Gasteiger partial charge in [0.2, 0.25) is 0 Å². The number of anilines is 1. The fourth-order valence-electron chi connectivity index (χ4n) is 2.26. The van der Waals surface area contributed by atoms with Crippen molar-refractivity contribution in [2.75, 3.05) is 19.0 Å². The molecule has 6 heteroatoms. The average molecular weight is 348 g/mol. The van der Waals surface area contributed by atoms with Gasteiger partial charge in [0.25, 0.3) is 0 Å². The number of nitrogens with one attached hydrogen (secondary N) is 1. The third-order valence-corrected chi connectivity index (χ3v) is 4.00. The minimum Gasteiger partial charge on any atom is -0.496 e. The minimum atomic E-state index is -0.862. The van der Waals surface area contributed by atoms with Gasteiger partial charge in [0.15, 0.2) is 5.96 Å². The van der Waals surface area contributed by atoms with Gasteiger partial charge in [-0.15, -0.1) is 0 Å². The highest BCUT2D eigenvalue weighted by molar-refractivity contribution is 6.30. The highest BCUT2D eigenvalue weighted by Crippen LogP contribution is 2.28. The summed E-state index contributed by atoms with van der Waals surface area (Å²) in [6.07, 6.45) is -0.862. The van der Waals surface area contributed by atoms with Crippen molar-refractivity contribution in [1.29, 1.82) is 0 Å². The van der Waals surface area contributed by atoms with Gasteiger partial charge in [-0.2, -0.15) is 0 Å². The molecular formula is C18H22ClN3O2. The van der Waals surface area contributed by atoms with E-state index in [1.807, 2.05) is 32.0 Å². The molecule has 1 atom stereocenters. The molecule has 0 spiro atoms. The SMILES string of the molecule is COc1ccc(Cl)cc1C(O)CN=C(N)Nc1ccc(C)c(C)c1. The van der Waals surface area contributed by atoms with Crippen molar-refractivity contribution in [1.82, 2.24) is 0 Å². The van der Waals surface area contributed by atoms with Crippen LogP contribution in [0.2, 0.25) is 5.02 Å². The van der Waals surface area contributed by atoms with E-state index in [4.69, 9.17) is 22.1 Å². The molecule has 0 saturated carbocycles. The number of guanidine groups is 1. The number of benzene rings is 2. The van der Waals surface area contributed by atoms with Crippen LogP contribution in [0.3, 0.4) is 0 Å². The number of aliphatic hydroxyl groups is 1. The van der Waals surface area contributed by atoms with Gasteiger partial charge in [0.05, 0.1) is 13.7 Å².